The minimum absolute atomic E-state index is 0.202. The molecular weight excluding hydrogens is 358 g/mol. The van der Waals surface area contributed by atoms with E-state index in [4.69, 9.17) is 9.97 Å². The molecule has 6 heteroatoms. The molecule has 0 aliphatic carbocycles. The molecule has 1 aliphatic heterocycles. The van der Waals surface area contributed by atoms with Crippen LogP contribution < -0.4 is 10.0 Å². The van der Waals surface area contributed by atoms with E-state index >= 15 is 0 Å². The number of aromatic carboxylic acids is 1. The Balaban J connectivity index is 1.82. The van der Waals surface area contributed by atoms with E-state index in [-0.39, 0.29) is 5.56 Å². The molecule has 1 fully saturated rings. The molecule has 0 saturated carbocycles. The number of nitrogens with zero attached hydrogens (tertiary/aromatic N) is 3. The van der Waals surface area contributed by atoms with Crippen molar-refractivity contribution in [2.75, 3.05) is 11.4 Å². The van der Waals surface area contributed by atoms with Gasteiger partial charge in [-0.2, -0.15) is 0 Å². The normalized spacial score (nSPS) is 17.3. The van der Waals surface area contributed by atoms with Crippen molar-refractivity contribution in [2.45, 2.75) is 62.9 Å². The molecule has 1 atom stereocenters. The summed E-state index contributed by atoms with van der Waals surface area (Å²) in [6, 6.07) is 9.48. The van der Waals surface area contributed by atoms with Crippen LogP contribution in [-0.4, -0.2) is 28.5 Å². The number of hydrogen-bond acceptors (Lipinski definition) is 6. The Morgan fingerprint density at radius 3 is 2.81 bits per heavy atom. The summed E-state index contributed by atoms with van der Waals surface area (Å²) >= 11 is 1.54. The van der Waals surface area contributed by atoms with Crippen molar-refractivity contribution in [1.29, 1.82) is 0 Å². The van der Waals surface area contributed by atoms with Crippen molar-refractivity contribution >= 4 is 23.5 Å². The van der Waals surface area contributed by atoms with Crippen molar-refractivity contribution in [3.8, 4) is 0 Å². The summed E-state index contributed by atoms with van der Waals surface area (Å²) in [7, 11) is 0. The van der Waals surface area contributed by atoms with Crippen LogP contribution in [0.25, 0.3) is 0 Å². The summed E-state index contributed by atoms with van der Waals surface area (Å²) in [4.78, 5) is 23.0. The average Bonchev–Trinajstić information content (AvgIpc) is 2.66. The first-order valence-electron chi connectivity index (χ1n) is 9.52. The van der Waals surface area contributed by atoms with Gasteiger partial charge in [-0.15, -0.1) is 0 Å². The van der Waals surface area contributed by atoms with E-state index in [1.54, 1.807) is 30.0 Å². The Bertz CT molecular complexity index is 810. The predicted octanol–water partition coefficient (Wildman–Crippen LogP) is 3.63. The molecular formula is C21H26N3O2S-. The van der Waals surface area contributed by atoms with Crippen molar-refractivity contribution in [2.24, 2.45) is 0 Å². The van der Waals surface area contributed by atoms with E-state index in [0.717, 1.165) is 28.8 Å². The third kappa shape index (κ3) is 5.01. The first-order valence-corrected chi connectivity index (χ1v) is 10.5. The maximum atomic E-state index is 11.0. The molecule has 0 bridgehead atoms. The zero-order valence-electron chi connectivity index (χ0n) is 16.1. The zero-order valence-corrected chi connectivity index (χ0v) is 17.0. The van der Waals surface area contributed by atoms with Gasteiger partial charge in [0.25, 0.3) is 0 Å². The Kier molecular flexibility index (Phi) is 6.37. The minimum atomic E-state index is -1.15. The maximum Gasteiger partial charge on any atom is 0.190 e. The second kappa shape index (κ2) is 8.74. The first kappa shape index (κ1) is 19.7. The lowest BCUT2D eigenvalue weighted by Gasteiger charge is -2.34. The maximum absolute atomic E-state index is 11.0. The van der Waals surface area contributed by atoms with Crippen LogP contribution in [0.5, 0.6) is 0 Å². The minimum Gasteiger partial charge on any atom is -0.545 e. The fourth-order valence-electron chi connectivity index (χ4n) is 3.31. The number of anilines is 1. The molecule has 27 heavy (non-hydrogen) atoms. The first-order chi connectivity index (χ1) is 12.9. The Hall–Kier alpha value is -2.08. The smallest absolute Gasteiger partial charge is 0.190 e. The molecule has 1 aliphatic rings. The zero-order chi connectivity index (χ0) is 19.4. The highest BCUT2D eigenvalue weighted by molar-refractivity contribution is 7.98. The number of hydrogen-bond donors (Lipinski definition) is 0. The third-order valence-electron chi connectivity index (χ3n) is 4.93. The highest BCUT2D eigenvalue weighted by atomic mass is 32.2. The van der Waals surface area contributed by atoms with E-state index in [1.807, 2.05) is 6.07 Å². The van der Waals surface area contributed by atoms with Crippen LogP contribution in [0, 0.1) is 0 Å². The third-order valence-corrected chi connectivity index (χ3v) is 5.85. The molecule has 0 N–H and O–H groups in total. The number of piperidine rings is 1. The van der Waals surface area contributed by atoms with Gasteiger partial charge < -0.3 is 14.8 Å². The SMILES string of the molecule is CC(C)c1cc(N2CCCC[C@H]2C)nc(SCc2cccc(C(=O)[O-])c2)n1. The molecule has 5 nitrogen and oxygen atoms in total. The highest BCUT2D eigenvalue weighted by Gasteiger charge is 2.21. The monoisotopic (exact) mass is 384 g/mol. The van der Waals surface area contributed by atoms with Gasteiger partial charge >= 0.3 is 0 Å². The van der Waals surface area contributed by atoms with Gasteiger partial charge in [0, 0.05) is 30.1 Å². The van der Waals surface area contributed by atoms with E-state index in [2.05, 4.69) is 31.7 Å². The molecule has 0 radical (unpaired) electrons. The lowest BCUT2D eigenvalue weighted by molar-refractivity contribution is -0.255. The van der Waals surface area contributed by atoms with Gasteiger partial charge in [-0.1, -0.05) is 43.8 Å². The summed E-state index contributed by atoms with van der Waals surface area (Å²) in [6.07, 6.45) is 3.67. The van der Waals surface area contributed by atoms with Crippen molar-refractivity contribution < 1.29 is 9.90 Å². The number of benzene rings is 1. The van der Waals surface area contributed by atoms with Gasteiger partial charge in [0.15, 0.2) is 5.16 Å². The average molecular weight is 385 g/mol. The van der Waals surface area contributed by atoms with Gasteiger partial charge in [-0.25, -0.2) is 9.97 Å². The van der Waals surface area contributed by atoms with E-state index in [1.165, 1.54) is 19.3 Å². The second-order valence-electron chi connectivity index (χ2n) is 7.40. The Morgan fingerprint density at radius 1 is 1.30 bits per heavy atom. The Morgan fingerprint density at radius 2 is 2.11 bits per heavy atom. The fourth-order valence-corrected chi connectivity index (χ4v) is 4.12. The molecule has 1 aromatic heterocycles. The molecule has 144 valence electrons. The lowest BCUT2D eigenvalue weighted by Crippen LogP contribution is -2.38. The number of carboxylic acids is 1. The molecule has 0 spiro atoms. The molecule has 2 heterocycles. The Labute approximate surface area is 165 Å². The summed E-state index contributed by atoms with van der Waals surface area (Å²) in [5.74, 6) is 0.804. The van der Waals surface area contributed by atoms with Gasteiger partial charge in [0.2, 0.25) is 0 Å². The van der Waals surface area contributed by atoms with Gasteiger partial charge in [-0.05, 0) is 49.3 Å². The van der Waals surface area contributed by atoms with Crippen LogP contribution in [-0.2, 0) is 5.75 Å². The van der Waals surface area contributed by atoms with E-state index < -0.39 is 5.97 Å². The fraction of sp³-hybridized carbons (Fsp3) is 0.476. The van der Waals surface area contributed by atoms with Crippen molar-refractivity contribution in [1.82, 2.24) is 9.97 Å². The van der Waals surface area contributed by atoms with Crippen LogP contribution in [0.4, 0.5) is 5.82 Å². The molecule has 0 unspecified atom stereocenters. The van der Waals surface area contributed by atoms with Crippen molar-refractivity contribution in [3.05, 3.63) is 47.2 Å². The molecule has 0 amide bonds. The lowest BCUT2D eigenvalue weighted by atomic mass is 10.0. The highest BCUT2D eigenvalue weighted by Crippen LogP contribution is 2.29. The summed E-state index contributed by atoms with van der Waals surface area (Å²) in [5.41, 5.74) is 2.17. The molecule has 2 aromatic rings. The van der Waals surface area contributed by atoms with Gasteiger partial charge in [0.1, 0.15) is 5.82 Å². The number of carbonyl (C=O) groups is 1. The van der Waals surface area contributed by atoms with E-state index in [0.29, 0.717) is 17.7 Å². The summed E-state index contributed by atoms with van der Waals surface area (Å²) in [6.45, 7) is 7.58. The second-order valence-corrected chi connectivity index (χ2v) is 8.35. The van der Waals surface area contributed by atoms with Crippen molar-refractivity contribution in [3.63, 3.8) is 0 Å². The van der Waals surface area contributed by atoms with Crippen LogP contribution in [0.1, 0.15) is 67.6 Å². The van der Waals surface area contributed by atoms with Crippen LogP contribution >= 0.6 is 11.8 Å². The van der Waals surface area contributed by atoms with Crippen LogP contribution in [0.15, 0.2) is 35.5 Å². The quantitative estimate of drug-likeness (QED) is 0.559. The standard InChI is InChI=1S/C21H27N3O2S/c1-14(2)18-12-19(24-10-5-4-7-15(24)3)23-21(22-18)27-13-16-8-6-9-17(11-16)20(25)26/h6,8-9,11-12,14-15H,4-5,7,10,13H2,1-3H3,(H,25,26)/p-1/t15-/m1/s1. The molecule has 1 aromatic carbocycles. The van der Waals surface area contributed by atoms with Gasteiger partial charge in [-0.3, -0.25) is 0 Å². The number of aromatic nitrogens is 2. The number of carbonyl (C=O) groups excluding carboxylic acids is 1. The summed E-state index contributed by atoms with van der Waals surface area (Å²) < 4.78 is 0. The van der Waals surface area contributed by atoms with E-state index in [9.17, 15) is 9.90 Å². The number of rotatable bonds is 6. The largest absolute Gasteiger partial charge is 0.545 e. The van der Waals surface area contributed by atoms with Gasteiger partial charge in [0.05, 0.1) is 5.97 Å². The molecule has 1 saturated heterocycles. The van der Waals surface area contributed by atoms with Crippen LogP contribution in [0.2, 0.25) is 0 Å². The predicted molar refractivity (Wildman–Crippen MR) is 107 cm³/mol. The number of carboxylic acid groups (broad SMARTS) is 1. The topological polar surface area (TPSA) is 69.2 Å². The summed E-state index contributed by atoms with van der Waals surface area (Å²) in [5, 5.41) is 11.8. The van der Waals surface area contributed by atoms with Crippen LogP contribution in [0.3, 0.4) is 0 Å². The number of thioether (sulfide) groups is 1. The molecule has 3 rings (SSSR count).